The topological polar surface area (TPSA) is 255 Å². The molecule has 0 aromatic heterocycles. The van der Waals surface area contributed by atoms with E-state index in [0.717, 1.165) is 11.8 Å². The predicted octanol–water partition coefficient (Wildman–Crippen LogP) is -3.57. The standard InChI is InChI=1S/C9H8O.Cu.H2O4S.5H2O/c10-8-4-7-9-5-2-1-3-6-9;;1-5(2,3)4;;;;;/h1-8H;;(H2,1,2,3,4);5*1H2/q;+2;;;;;;/p-2. The Balaban J connectivity index is -0.0000000325. The van der Waals surface area contributed by atoms with Crippen LogP contribution in [0.1, 0.15) is 5.56 Å². The van der Waals surface area contributed by atoms with E-state index in [1.807, 2.05) is 30.3 Å². The van der Waals surface area contributed by atoms with Gasteiger partial charge in [0.15, 0.2) is 0 Å². The van der Waals surface area contributed by atoms with E-state index in [1.165, 1.54) is 6.08 Å². The van der Waals surface area contributed by atoms with Crippen molar-refractivity contribution in [1.82, 2.24) is 0 Å². The summed E-state index contributed by atoms with van der Waals surface area (Å²) in [5, 5.41) is 0. The van der Waals surface area contributed by atoms with E-state index in [0.29, 0.717) is 0 Å². The molecule has 0 heterocycles. The molecule has 0 unspecified atom stereocenters. The van der Waals surface area contributed by atoms with E-state index in [1.54, 1.807) is 6.08 Å². The average molecular weight is 382 g/mol. The molecule has 0 saturated heterocycles. The number of aldehydes is 1. The van der Waals surface area contributed by atoms with E-state index >= 15 is 0 Å². The van der Waals surface area contributed by atoms with Crippen molar-refractivity contribution >= 4 is 22.8 Å². The first kappa shape index (κ1) is 42.7. The fourth-order valence-corrected chi connectivity index (χ4v) is 0.715. The summed E-state index contributed by atoms with van der Waals surface area (Å²) in [6.07, 6.45) is 4.02. The van der Waals surface area contributed by atoms with Crippen LogP contribution in [0.2, 0.25) is 0 Å². The molecule has 0 saturated carbocycles. The first-order chi connectivity index (χ1) is 6.93. The number of hydrogen-bond acceptors (Lipinski definition) is 5. The minimum Gasteiger partial charge on any atom is -0.759 e. The zero-order chi connectivity index (χ0) is 11.7. The third-order valence-corrected chi connectivity index (χ3v) is 1.17. The number of allylic oxidation sites excluding steroid dienone is 1. The molecule has 10 N–H and O–H groups in total. The predicted molar refractivity (Wildman–Crippen MR) is 70.1 cm³/mol. The van der Waals surface area contributed by atoms with Gasteiger partial charge in [-0.3, -0.25) is 13.2 Å². The van der Waals surface area contributed by atoms with Crippen LogP contribution in [0.25, 0.3) is 6.08 Å². The first-order valence-corrected chi connectivity index (χ1v) is 5.10. The zero-order valence-electron chi connectivity index (χ0n) is 10.4. The molecular weight excluding hydrogens is 364 g/mol. The number of hydrogen-bond donors (Lipinski definition) is 0. The van der Waals surface area contributed by atoms with Crippen molar-refractivity contribution in [3.8, 4) is 0 Å². The van der Waals surface area contributed by atoms with Gasteiger partial charge < -0.3 is 36.5 Å². The average Bonchev–Trinajstić information content (AvgIpc) is 2.14. The van der Waals surface area contributed by atoms with Crippen LogP contribution < -0.4 is 0 Å². The largest absolute Gasteiger partial charge is 2.00 e. The summed E-state index contributed by atoms with van der Waals surface area (Å²) in [5.74, 6) is 0. The molecule has 0 bridgehead atoms. The van der Waals surface area contributed by atoms with Gasteiger partial charge in [0.25, 0.3) is 0 Å². The molecule has 1 aromatic carbocycles. The molecule has 10 nitrogen and oxygen atoms in total. The van der Waals surface area contributed by atoms with E-state index in [2.05, 4.69) is 0 Å². The van der Waals surface area contributed by atoms with Crippen LogP contribution in [-0.2, 0) is 32.3 Å². The van der Waals surface area contributed by atoms with Crippen LogP contribution in [0.3, 0.4) is 0 Å². The Morgan fingerprint density at radius 2 is 1.19 bits per heavy atom. The maximum atomic E-state index is 9.89. The quantitative estimate of drug-likeness (QED) is 0.165. The van der Waals surface area contributed by atoms with E-state index in [-0.39, 0.29) is 44.4 Å². The Bertz CT molecular complexity index is 411. The fourth-order valence-electron chi connectivity index (χ4n) is 0.715. The van der Waals surface area contributed by atoms with Gasteiger partial charge in [0, 0.05) is 10.4 Å². The molecule has 0 amide bonds. The molecular formula is C9H18CuO10S. The van der Waals surface area contributed by atoms with Crippen molar-refractivity contribution in [2.24, 2.45) is 0 Å². The van der Waals surface area contributed by atoms with Crippen molar-refractivity contribution in [2.45, 2.75) is 0 Å². The van der Waals surface area contributed by atoms with Gasteiger partial charge in [0.05, 0.1) is 0 Å². The monoisotopic (exact) mass is 381 g/mol. The number of benzene rings is 1. The van der Waals surface area contributed by atoms with Crippen molar-refractivity contribution in [1.29, 1.82) is 0 Å². The Hall–Kier alpha value is -1.18. The molecule has 1 aromatic rings. The van der Waals surface area contributed by atoms with Gasteiger partial charge in [-0.15, -0.1) is 0 Å². The van der Waals surface area contributed by atoms with Gasteiger partial charge in [-0.25, -0.2) is 0 Å². The summed E-state index contributed by atoms with van der Waals surface area (Å²) in [5.41, 5.74) is 1.05. The van der Waals surface area contributed by atoms with Crippen LogP contribution in [-0.4, -0.2) is 51.2 Å². The molecule has 131 valence electrons. The Kier molecular flexibility index (Phi) is 48.6. The smallest absolute Gasteiger partial charge is 0.759 e. The van der Waals surface area contributed by atoms with E-state index in [9.17, 15) is 4.79 Å². The summed E-state index contributed by atoms with van der Waals surface area (Å²) < 4.78 is 34.1. The van der Waals surface area contributed by atoms with Gasteiger partial charge in [0.2, 0.25) is 0 Å². The minimum atomic E-state index is -5.17. The normalized spacial score (nSPS) is 7.52. The van der Waals surface area contributed by atoms with Crippen LogP contribution in [0.15, 0.2) is 36.4 Å². The van der Waals surface area contributed by atoms with Crippen LogP contribution in [0, 0.1) is 0 Å². The van der Waals surface area contributed by atoms with Crippen molar-refractivity contribution in [3.63, 3.8) is 0 Å². The molecule has 0 fully saturated rings. The number of carbonyl (C=O) groups excluding carboxylic acids is 1. The Morgan fingerprint density at radius 1 is 0.857 bits per heavy atom. The molecule has 21 heavy (non-hydrogen) atoms. The molecule has 0 atom stereocenters. The van der Waals surface area contributed by atoms with E-state index < -0.39 is 10.4 Å². The second-order valence-electron chi connectivity index (χ2n) is 2.31. The summed E-state index contributed by atoms with van der Waals surface area (Å²) >= 11 is 0. The summed E-state index contributed by atoms with van der Waals surface area (Å²) in [6, 6.07) is 9.70. The second kappa shape index (κ2) is 23.9. The van der Waals surface area contributed by atoms with Gasteiger partial charge in [-0.2, -0.15) is 0 Å². The molecule has 1 radical (unpaired) electrons. The molecule has 1 rings (SSSR count). The van der Waals surface area contributed by atoms with Crippen molar-refractivity contribution in [3.05, 3.63) is 42.0 Å². The van der Waals surface area contributed by atoms with Crippen molar-refractivity contribution in [2.75, 3.05) is 0 Å². The van der Waals surface area contributed by atoms with Gasteiger partial charge in [-0.1, -0.05) is 36.4 Å². The SMILES string of the molecule is O.O.O.O.O.O=CC=Cc1ccccc1.O=S(=O)([O-])[O-].[Cu+2]. The Labute approximate surface area is 132 Å². The second-order valence-corrected chi connectivity index (χ2v) is 3.13. The third-order valence-electron chi connectivity index (χ3n) is 1.17. The van der Waals surface area contributed by atoms with Crippen molar-refractivity contribution < 1.29 is 66.8 Å². The maximum Gasteiger partial charge on any atom is 2.00 e. The summed E-state index contributed by atoms with van der Waals surface area (Å²) in [6.45, 7) is 0. The molecule has 0 aliphatic rings. The van der Waals surface area contributed by atoms with Crippen LogP contribution in [0.5, 0.6) is 0 Å². The zero-order valence-corrected chi connectivity index (χ0v) is 12.1. The van der Waals surface area contributed by atoms with Gasteiger partial charge in [-0.05, 0) is 11.6 Å². The third kappa shape index (κ3) is 45.5. The summed E-state index contributed by atoms with van der Waals surface area (Å²) in [4.78, 5) is 9.89. The van der Waals surface area contributed by atoms with Gasteiger partial charge in [0.1, 0.15) is 6.29 Å². The van der Waals surface area contributed by atoms with Crippen LogP contribution in [0.4, 0.5) is 0 Å². The molecule has 12 heteroatoms. The van der Waals surface area contributed by atoms with E-state index in [4.69, 9.17) is 17.5 Å². The van der Waals surface area contributed by atoms with Crippen LogP contribution >= 0.6 is 0 Å². The fraction of sp³-hybridized carbons (Fsp3) is 0. The first-order valence-electron chi connectivity index (χ1n) is 3.77. The minimum absolute atomic E-state index is 0. The molecule has 0 aliphatic carbocycles. The summed E-state index contributed by atoms with van der Waals surface area (Å²) in [7, 11) is -5.17. The molecule has 0 spiro atoms. The molecule has 0 aliphatic heterocycles. The Morgan fingerprint density at radius 3 is 1.48 bits per heavy atom. The van der Waals surface area contributed by atoms with Gasteiger partial charge >= 0.3 is 17.1 Å². The number of rotatable bonds is 2. The number of carbonyl (C=O) groups is 1. The maximum absolute atomic E-state index is 9.89.